The SMILES string of the molecule is COc1ccc(C2(CNC(=O)c3ccc(C(C)(C)C)cc3)CCOCC2)cc1. The van der Waals surface area contributed by atoms with Gasteiger partial charge in [-0.05, 0) is 53.6 Å². The van der Waals surface area contributed by atoms with E-state index in [1.165, 1.54) is 11.1 Å². The zero-order valence-electron chi connectivity index (χ0n) is 17.4. The van der Waals surface area contributed by atoms with Crippen LogP contribution in [0.1, 0.15) is 55.1 Å². The molecule has 4 nitrogen and oxygen atoms in total. The minimum absolute atomic E-state index is 0.0279. The number of ether oxygens (including phenoxy) is 2. The average Bonchev–Trinajstić information content (AvgIpc) is 2.72. The number of amides is 1. The summed E-state index contributed by atoms with van der Waals surface area (Å²) in [5.74, 6) is 0.814. The van der Waals surface area contributed by atoms with Gasteiger partial charge in [-0.1, -0.05) is 45.0 Å². The number of benzene rings is 2. The Morgan fingerprint density at radius 1 is 1.04 bits per heavy atom. The molecule has 0 spiro atoms. The average molecular weight is 382 g/mol. The van der Waals surface area contributed by atoms with E-state index in [9.17, 15) is 4.79 Å². The molecule has 0 aromatic heterocycles. The maximum atomic E-state index is 12.8. The first-order valence-electron chi connectivity index (χ1n) is 9.95. The molecule has 0 unspecified atom stereocenters. The molecular formula is C24H31NO3. The second kappa shape index (κ2) is 8.36. The quantitative estimate of drug-likeness (QED) is 0.831. The molecule has 0 atom stereocenters. The number of rotatable bonds is 5. The summed E-state index contributed by atoms with van der Waals surface area (Å²) in [7, 11) is 1.67. The van der Waals surface area contributed by atoms with E-state index in [2.05, 4.69) is 38.2 Å². The van der Waals surface area contributed by atoms with Gasteiger partial charge in [0.05, 0.1) is 7.11 Å². The van der Waals surface area contributed by atoms with Crippen molar-refractivity contribution >= 4 is 5.91 Å². The van der Waals surface area contributed by atoms with Crippen molar-refractivity contribution in [2.45, 2.75) is 44.4 Å². The number of nitrogens with one attached hydrogen (secondary N) is 1. The highest BCUT2D eigenvalue weighted by atomic mass is 16.5. The standard InChI is InChI=1S/C24H31NO3/c1-23(2,3)19-7-5-18(6-8-19)22(26)25-17-24(13-15-28-16-14-24)20-9-11-21(27-4)12-10-20/h5-12H,13-17H2,1-4H3,(H,25,26). The zero-order valence-corrected chi connectivity index (χ0v) is 17.4. The largest absolute Gasteiger partial charge is 0.497 e. The van der Waals surface area contributed by atoms with Gasteiger partial charge in [0.15, 0.2) is 0 Å². The maximum absolute atomic E-state index is 12.8. The van der Waals surface area contributed by atoms with Crippen molar-refractivity contribution in [1.29, 1.82) is 0 Å². The summed E-state index contributed by atoms with van der Waals surface area (Å²) in [4.78, 5) is 12.8. The Morgan fingerprint density at radius 2 is 1.64 bits per heavy atom. The van der Waals surface area contributed by atoms with Gasteiger partial charge in [-0.2, -0.15) is 0 Å². The van der Waals surface area contributed by atoms with Crippen LogP contribution in [0.3, 0.4) is 0 Å². The highest BCUT2D eigenvalue weighted by molar-refractivity contribution is 5.94. The normalized spacial score (nSPS) is 16.4. The van der Waals surface area contributed by atoms with Gasteiger partial charge in [0.1, 0.15) is 5.75 Å². The highest BCUT2D eigenvalue weighted by Gasteiger charge is 2.35. The Hall–Kier alpha value is -2.33. The monoisotopic (exact) mass is 381 g/mol. The van der Waals surface area contributed by atoms with Crippen molar-refractivity contribution in [3.8, 4) is 5.75 Å². The van der Waals surface area contributed by atoms with Gasteiger partial charge < -0.3 is 14.8 Å². The molecule has 3 rings (SSSR count). The molecular weight excluding hydrogens is 350 g/mol. The Labute approximate surface area is 168 Å². The fourth-order valence-corrected chi connectivity index (χ4v) is 3.75. The van der Waals surface area contributed by atoms with E-state index in [1.807, 2.05) is 36.4 Å². The summed E-state index contributed by atoms with van der Waals surface area (Å²) in [6, 6.07) is 16.1. The van der Waals surface area contributed by atoms with Crippen LogP contribution in [-0.4, -0.2) is 32.8 Å². The van der Waals surface area contributed by atoms with Crippen LogP contribution in [-0.2, 0) is 15.6 Å². The van der Waals surface area contributed by atoms with E-state index in [0.717, 1.165) is 18.6 Å². The number of hydrogen-bond donors (Lipinski definition) is 1. The Bertz CT molecular complexity index is 782. The van der Waals surface area contributed by atoms with Crippen LogP contribution in [0.25, 0.3) is 0 Å². The predicted molar refractivity (Wildman–Crippen MR) is 112 cm³/mol. The molecule has 0 radical (unpaired) electrons. The minimum Gasteiger partial charge on any atom is -0.497 e. The van der Waals surface area contributed by atoms with E-state index in [4.69, 9.17) is 9.47 Å². The molecule has 150 valence electrons. The first-order chi connectivity index (χ1) is 13.3. The van der Waals surface area contributed by atoms with Gasteiger partial charge in [-0.25, -0.2) is 0 Å². The summed E-state index contributed by atoms with van der Waals surface area (Å²) < 4.78 is 10.9. The van der Waals surface area contributed by atoms with Crippen molar-refractivity contribution in [1.82, 2.24) is 5.32 Å². The van der Waals surface area contributed by atoms with Crippen LogP contribution in [0.4, 0.5) is 0 Å². The first kappa shape index (κ1) is 20.4. The van der Waals surface area contributed by atoms with Gasteiger partial charge >= 0.3 is 0 Å². The topological polar surface area (TPSA) is 47.6 Å². The van der Waals surface area contributed by atoms with Crippen molar-refractivity contribution in [3.63, 3.8) is 0 Å². The molecule has 1 amide bonds. The molecule has 0 bridgehead atoms. The van der Waals surface area contributed by atoms with E-state index in [1.54, 1.807) is 7.11 Å². The molecule has 0 aliphatic carbocycles. The molecule has 1 aliphatic heterocycles. The molecule has 1 N–H and O–H groups in total. The zero-order chi connectivity index (χ0) is 20.2. The summed E-state index contributed by atoms with van der Waals surface area (Å²) in [6.45, 7) is 8.54. The van der Waals surface area contributed by atoms with Gasteiger partial charge in [-0.15, -0.1) is 0 Å². The molecule has 1 fully saturated rings. The van der Waals surface area contributed by atoms with Crippen molar-refractivity contribution in [2.75, 3.05) is 26.9 Å². The minimum atomic E-state index is -0.106. The lowest BCUT2D eigenvalue weighted by atomic mass is 9.74. The second-order valence-electron chi connectivity index (χ2n) is 8.63. The van der Waals surface area contributed by atoms with Gasteiger partial charge in [-0.3, -0.25) is 4.79 Å². The molecule has 1 heterocycles. The van der Waals surface area contributed by atoms with Crippen molar-refractivity contribution < 1.29 is 14.3 Å². The van der Waals surface area contributed by atoms with Crippen LogP contribution in [0.15, 0.2) is 48.5 Å². The Kier molecular flexibility index (Phi) is 6.09. The highest BCUT2D eigenvalue weighted by Crippen LogP contribution is 2.35. The van der Waals surface area contributed by atoms with E-state index in [0.29, 0.717) is 25.3 Å². The molecule has 4 heteroatoms. The molecule has 1 saturated heterocycles. The summed E-state index contributed by atoms with van der Waals surface area (Å²) in [5.41, 5.74) is 3.12. The lowest BCUT2D eigenvalue weighted by molar-refractivity contribution is 0.0487. The third-order valence-corrected chi connectivity index (χ3v) is 5.75. The van der Waals surface area contributed by atoms with E-state index in [-0.39, 0.29) is 16.7 Å². The summed E-state index contributed by atoms with van der Waals surface area (Å²) in [6.07, 6.45) is 1.78. The van der Waals surface area contributed by atoms with Crippen LogP contribution < -0.4 is 10.1 Å². The van der Waals surface area contributed by atoms with Crippen LogP contribution in [0, 0.1) is 0 Å². The summed E-state index contributed by atoms with van der Waals surface area (Å²) >= 11 is 0. The molecule has 0 saturated carbocycles. The molecule has 1 aliphatic rings. The van der Waals surface area contributed by atoms with Crippen LogP contribution in [0.2, 0.25) is 0 Å². The number of methoxy groups -OCH3 is 1. The van der Waals surface area contributed by atoms with Gasteiger partial charge in [0, 0.05) is 30.7 Å². The Morgan fingerprint density at radius 3 is 2.18 bits per heavy atom. The van der Waals surface area contributed by atoms with Gasteiger partial charge in [0.25, 0.3) is 5.91 Å². The first-order valence-corrected chi connectivity index (χ1v) is 9.95. The van der Waals surface area contributed by atoms with Crippen molar-refractivity contribution in [3.05, 3.63) is 65.2 Å². The fraction of sp³-hybridized carbons (Fsp3) is 0.458. The van der Waals surface area contributed by atoms with Crippen LogP contribution in [0.5, 0.6) is 5.75 Å². The maximum Gasteiger partial charge on any atom is 0.251 e. The van der Waals surface area contributed by atoms with E-state index < -0.39 is 0 Å². The number of carbonyl (C=O) groups is 1. The van der Waals surface area contributed by atoms with E-state index >= 15 is 0 Å². The fourth-order valence-electron chi connectivity index (χ4n) is 3.75. The number of carbonyl (C=O) groups excluding carboxylic acids is 1. The predicted octanol–water partition coefficient (Wildman–Crippen LogP) is 4.47. The Balaban J connectivity index is 1.73. The third-order valence-electron chi connectivity index (χ3n) is 5.75. The molecule has 28 heavy (non-hydrogen) atoms. The summed E-state index contributed by atoms with van der Waals surface area (Å²) in [5, 5.41) is 3.17. The third kappa shape index (κ3) is 4.56. The molecule has 2 aromatic carbocycles. The number of hydrogen-bond acceptors (Lipinski definition) is 3. The van der Waals surface area contributed by atoms with Crippen LogP contribution >= 0.6 is 0 Å². The molecule has 2 aromatic rings. The lowest BCUT2D eigenvalue weighted by Gasteiger charge is -2.38. The smallest absolute Gasteiger partial charge is 0.251 e. The van der Waals surface area contributed by atoms with Crippen molar-refractivity contribution in [2.24, 2.45) is 0 Å². The lowest BCUT2D eigenvalue weighted by Crippen LogP contribution is -2.44. The second-order valence-corrected chi connectivity index (χ2v) is 8.63. The van der Waals surface area contributed by atoms with Gasteiger partial charge in [0.2, 0.25) is 0 Å².